The molecule has 10 nitrogen and oxygen atoms in total. The number of hydrogen-bond donors (Lipinski definition) is 4. The Hall–Kier alpha value is -0.558. The van der Waals surface area contributed by atoms with Crippen LogP contribution < -0.4 is 74.3 Å². The fourth-order valence-electron chi connectivity index (χ4n) is 0. The molecular formula is C10H16CoCuKN10. The molecule has 0 saturated heterocycles. The third-order valence-electron chi connectivity index (χ3n) is 0.333. The quantitative estimate of drug-likeness (QED) is 0.237. The summed E-state index contributed by atoms with van der Waals surface area (Å²) in [4.78, 5) is 0. The van der Waals surface area contributed by atoms with Gasteiger partial charge in [0.05, 0.1) is 0 Å². The molecule has 0 aromatic heterocycles. The van der Waals surface area contributed by atoms with E-state index in [1.165, 1.54) is 0 Å². The summed E-state index contributed by atoms with van der Waals surface area (Å²) in [6.07, 6.45) is 0. The van der Waals surface area contributed by atoms with Crippen molar-refractivity contribution < 1.29 is 85.2 Å². The van der Waals surface area contributed by atoms with E-state index in [0.29, 0.717) is 26.2 Å². The maximum absolute atomic E-state index is 6.25. The summed E-state index contributed by atoms with van der Waals surface area (Å²) >= 11 is 0. The van der Waals surface area contributed by atoms with Gasteiger partial charge in [0, 0.05) is 26.2 Å². The van der Waals surface area contributed by atoms with Crippen molar-refractivity contribution in [2.45, 2.75) is 0 Å². The van der Waals surface area contributed by atoms with Crippen LogP contribution in [-0.4, -0.2) is 26.2 Å². The molecule has 0 amide bonds. The van der Waals surface area contributed by atoms with Crippen LogP contribution in [0, 0.1) is 71.0 Å². The summed E-state index contributed by atoms with van der Waals surface area (Å²) in [6, 6.07) is 0. The largest absolute Gasteiger partial charge is 3.00 e. The molecule has 0 atom stereocenters. The Morgan fingerprint density at radius 2 is 0.478 bits per heavy atom. The Morgan fingerprint density at radius 3 is 0.478 bits per heavy atom. The van der Waals surface area contributed by atoms with Crippen LogP contribution in [-0.2, 0) is 33.8 Å². The molecule has 1 radical (unpaired) electrons. The second-order valence-electron chi connectivity index (χ2n) is 1.15. The summed E-state index contributed by atoms with van der Waals surface area (Å²) in [5.74, 6) is 0. The minimum absolute atomic E-state index is 0. The first-order valence-corrected chi connectivity index (χ1v) is 3.97. The van der Waals surface area contributed by atoms with E-state index in [1.54, 1.807) is 0 Å². The van der Waals surface area contributed by atoms with Crippen molar-refractivity contribution in [2.24, 2.45) is 22.9 Å². The predicted molar refractivity (Wildman–Crippen MR) is 66.0 cm³/mol. The summed E-state index contributed by atoms with van der Waals surface area (Å²) in [7, 11) is 0. The number of nitrogens with zero attached hydrogens (tertiary/aromatic N) is 6. The molecule has 0 aliphatic heterocycles. The van der Waals surface area contributed by atoms with E-state index in [9.17, 15) is 0 Å². The molecule has 0 fully saturated rings. The van der Waals surface area contributed by atoms with E-state index >= 15 is 0 Å². The Morgan fingerprint density at radius 1 is 0.435 bits per heavy atom. The normalized spacial score (nSPS) is 3.13. The van der Waals surface area contributed by atoms with Gasteiger partial charge in [-0.3, -0.25) is 0 Å². The van der Waals surface area contributed by atoms with E-state index in [2.05, 4.69) is 0 Å². The summed E-state index contributed by atoms with van der Waals surface area (Å²) < 4.78 is 0. The molecule has 8 N–H and O–H groups in total. The molecule has 13 heteroatoms. The van der Waals surface area contributed by atoms with Crippen molar-refractivity contribution in [3.8, 4) is 0 Å². The molecule has 0 rings (SSSR count). The van der Waals surface area contributed by atoms with Gasteiger partial charge in [-0.05, 0) is 0 Å². The van der Waals surface area contributed by atoms with Crippen molar-refractivity contribution in [3.05, 3.63) is 39.4 Å². The van der Waals surface area contributed by atoms with Gasteiger partial charge in [0.15, 0.2) is 0 Å². The van der Waals surface area contributed by atoms with Crippen LogP contribution >= 0.6 is 0 Å². The molecule has 0 bridgehead atoms. The van der Waals surface area contributed by atoms with Crippen molar-refractivity contribution in [1.29, 1.82) is 31.6 Å². The van der Waals surface area contributed by atoms with Gasteiger partial charge >= 0.3 is 85.2 Å². The fraction of sp³-hybridized carbons (Fsp3) is 0.400. The molecule has 0 saturated carbocycles. The van der Waals surface area contributed by atoms with Crippen LogP contribution in [0.2, 0.25) is 0 Å². The Balaban J connectivity index is -0.00000000802. The van der Waals surface area contributed by atoms with Gasteiger partial charge in [-0.25, -0.2) is 0 Å². The zero-order chi connectivity index (χ0) is 18.8. The zero-order valence-electron chi connectivity index (χ0n) is 12.5. The average molecular weight is 438 g/mol. The third-order valence-corrected chi connectivity index (χ3v) is 0.333. The molecule has 0 aromatic carbocycles. The first kappa shape index (κ1) is 78.8. The Labute approximate surface area is 203 Å². The molecule has 0 aromatic rings. The van der Waals surface area contributed by atoms with Gasteiger partial charge in [0.2, 0.25) is 0 Å². The van der Waals surface area contributed by atoms with Crippen molar-refractivity contribution in [3.63, 3.8) is 0 Å². The van der Waals surface area contributed by atoms with Gasteiger partial charge < -0.3 is 93.9 Å². The molecule has 0 aliphatic carbocycles. The van der Waals surface area contributed by atoms with Gasteiger partial charge in [-0.15, -0.1) is 0 Å². The third kappa shape index (κ3) is 3900. The molecular weight excluding hydrogens is 422 g/mol. The molecule has 0 aliphatic rings. The smallest absolute Gasteiger partial charge is 0.512 e. The summed E-state index contributed by atoms with van der Waals surface area (Å²) in [5, 5.41) is 37.5. The number of hydrogen-bond acceptors (Lipinski definition) is 10. The van der Waals surface area contributed by atoms with E-state index in [4.69, 9.17) is 93.9 Å². The topological polar surface area (TPSA) is 247 Å². The van der Waals surface area contributed by atoms with E-state index in [0.717, 1.165) is 0 Å². The first-order chi connectivity index (χ1) is 9.83. The number of nitrogens with two attached hydrogens (primary N) is 4. The maximum atomic E-state index is 6.25. The van der Waals surface area contributed by atoms with Crippen LogP contribution in [0.3, 0.4) is 0 Å². The average Bonchev–Trinajstić information content (AvgIpc) is 2.65. The van der Waals surface area contributed by atoms with Crippen molar-refractivity contribution in [2.75, 3.05) is 26.2 Å². The summed E-state index contributed by atoms with van der Waals surface area (Å²) in [6.45, 7) is 30.9. The van der Waals surface area contributed by atoms with Gasteiger partial charge in [-0.2, -0.15) is 0 Å². The molecule has 0 heterocycles. The van der Waals surface area contributed by atoms with Crippen LogP contribution in [0.15, 0.2) is 0 Å². The second kappa shape index (κ2) is 756. The zero-order valence-corrected chi connectivity index (χ0v) is 17.6. The predicted octanol–water partition coefficient (Wildman–Crippen LogP) is -4.62. The minimum Gasteiger partial charge on any atom is -0.512 e. The standard InChI is InChI=1S/2C2H8N2.6CN.Co.Cu.K/c2*3-1-2-4;6*1-2;;;/h2*1-4H2;;;;;;;;;/q;;6*-1;+3;+2;+1. The monoisotopic (exact) mass is 437 g/mol. The number of rotatable bonds is 2. The fourth-order valence-corrected chi connectivity index (χ4v) is 0. The molecule has 23 heavy (non-hydrogen) atoms. The van der Waals surface area contributed by atoms with E-state index < -0.39 is 0 Å². The second-order valence-corrected chi connectivity index (χ2v) is 1.15. The van der Waals surface area contributed by atoms with Crippen molar-refractivity contribution in [1.82, 2.24) is 0 Å². The maximum Gasteiger partial charge on any atom is 3.00 e. The SMILES string of the molecule is NCCN.NCCN.[C-]#N.[C-]#N.[C-]#N.[C-]#N.[C-]#N.[C-]#N.[Co+3].[Cu+2].[K+]. The van der Waals surface area contributed by atoms with E-state index in [1.807, 2.05) is 0 Å². The van der Waals surface area contributed by atoms with Crippen molar-refractivity contribution >= 4 is 0 Å². The first-order valence-electron chi connectivity index (χ1n) is 3.97. The Kier molecular flexibility index (Phi) is 2590. The van der Waals surface area contributed by atoms with Gasteiger partial charge in [0.25, 0.3) is 0 Å². The minimum atomic E-state index is 0. The van der Waals surface area contributed by atoms with Crippen LogP contribution in [0.1, 0.15) is 0 Å². The van der Waals surface area contributed by atoms with Crippen LogP contribution in [0.5, 0.6) is 0 Å². The van der Waals surface area contributed by atoms with Gasteiger partial charge in [-0.1, -0.05) is 0 Å². The summed E-state index contributed by atoms with van der Waals surface area (Å²) in [5.41, 5.74) is 19.6. The van der Waals surface area contributed by atoms with E-state index in [-0.39, 0.29) is 85.2 Å². The van der Waals surface area contributed by atoms with Gasteiger partial charge in [0.1, 0.15) is 0 Å². The van der Waals surface area contributed by atoms with Crippen LogP contribution in [0.4, 0.5) is 0 Å². The van der Waals surface area contributed by atoms with Crippen LogP contribution in [0.25, 0.3) is 0 Å². The molecule has 0 spiro atoms. The molecule has 0 unspecified atom stereocenters. The molecule has 127 valence electrons. The Bertz CT molecular complexity index is 151.